The third-order valence-electron chi connectivity index (χ3n) is 4.43. The first kappa shape index (κ1) is 12.0. The highest BCUT2D eigenvalue weighted by Gasteiger charge is 2.44. The Morgan fingerprint density at radius 2 is 1.95 bits per heavy atom. The zero-order valence-electron chi connectivity index (χ0n) is 10.6. The van der Waals surface area contributed by atoms with E-state index in [9.17, 15) is 10.1 Å². The first-order chi connectivity index (χ1) is 9.13. The van der Waals surface area contributed by atoms with Crippen LogP contribution in [0.4, 0.5) is 11.4 Å². The average Bonchev–Trinajstić information content (AvgIpc) is 3.18. The Bertz CT molecular complexity index is 563. The van der Waals surface area contributed by atoms with Crippen molar-refractivity contribution in [3.05, 3.63) is 33.9 Å². The van der Waals surface area contributed by atoms with Crippen molar-refractivity contribution < 1.29 is 4.92 Å². The maximum absolute atomic E-state index is 10.9. The summed E-state index contributed by atoms with van der Waals surface area (Å²) in [5.41, 5.74) is 1.86. The van der Waals surface area contributed by atoms with Crippen LogP contribution in [-0.2, 0) is 0 Å². The fourth-order valence-corrected chi connectivity index (χ4v) is 2.89. The zero-order valence-corrected chi connectivity index (χ0v) is 10.6. The molecular weight excluding hydrogens is 242 g/mol. The van der Waals surface area contributed by atoms with E-state index in [1.807, 2.05) is 0 Å². The summed E-state index contributed by atoms with van der Waals surface area (Å²) in [6.07, 6.45) is 4.92. The van der Waals surface area contributed by atoms with Crippen LogP contribution in [0.5, 0.6) is 0 Å². The highest BCUT2D eigenvalue weighted by Crippen LogP contribution is 2.54. The molecule has 1 heterocycles. The van der Waals surface area contributed by atoms with Crippen molar-refractivity contribution in [1.82, 2.24) is 0 Å². The lowest BCUT2D eigenvalue weighted by molar-refractivity contribution is -0.384. The van der Waals surface area contributed by atoms with E-state index in [2.05, 4.69) is 11.0 Å². The summed E-state index contributed by atoms with van der Waals surface area (Å²) >= 11 is 0. The normalized spacial score (nSPS) is 20.1. The SMILES string of the molecule is N#Cc1ccc([N+](=O)[O-])cc1N1CCC2(CC1)CC2. The molecule has 0 N–H and O–H groups in total. The lowest BCUT2D eigenvalue weighted by atomic mass is 9.93. The number of hydrogen-bond donors (Lipinski definition) is 0. The molecule has 0 bridgehead atoms. The van der Waals surface area contributed by atoms with Crippen LogP contribution >= 0.6 is 0 Å². The van der Waals surface area contributed by atoms with Crippen molar-refractivity contribution in [2.24, 2.45) is 5.41 Å². The van der Waals surface area contributed by atoms with Crippen LogP contribution in [0.25, 0.3) is 0 Å². The van der Waals surface area contributed by atoms with Crippen LogP contribution < -0.4 is 4.90 Å². The predicted molar refractivity (Wildman–Crippen MR) is 70.9 cm³/mol. The molecule has 2 aliphatic rings. The van der Waals surface area contributed by atoms with Gasteiger partial charge in [-0.05, 0) is 37.2 Å². The lowest BCUT2D eigenvalue weighted by Crippen LogP contribution is -2.34. The first-order valence-electron chi connectivity index (χ1n) is 6.57. The van der Waals surface area contributed by atoms with Gasteiger partial charge in [0, 0.05) is 25.2 Å². The van der Waals surface area contributed by atoms with Gasteiger partial charge in [0.25, 0.3) is 5.69 Å². The highest BCUT2D eigenvalue weighted by atomic mass is 16.6. The number of anilines is 1. The van der Waals surface area contributed by atoms with Gasteiger partial charge in [-0.1, -0.05) is 0 Å². The Balaban J connectivity index is 1.88. The Kier molecular flexibility index (Phi) is 2.67. The second-order valence-corrected chi connectivity index (χ2v) is 5.56. The number of nitro benzene ring substituents is 1. The van der Waals surface area contributed by atoms with Crippen LogP contribution in [0.2, 0.25) is 0 Å². The van der Waals surface area contributed by atoms with Crippen molar-refractivity contribution in [3.63, 3.8) is 0 Å². The van der Waals surface area contributed by atoms with Gasteiger partial charge in [0.2, 0.25) is 0 Å². The molecule has 1 aromatic rings. The molecule has 0 aromatic heterocycles. The van der Waals surface area contributed by atoms with Crippen molar-refractivity contribution in [1.29, 1.82) is 5.26 Å². The lowest BCUT2D eigenvalue weighted by Gasteiger charge is -2.34. The van der Waals surface area contributed by atoms with Gasteiger partial charge in [-0.2, -0.15) is 5.26 Å². The summed E-state index contributed by atoms with van der Waals surface area (Å²) in [4.78, 5) is 12.6. The molecule has 0 amide bonds. The first-order valence-corrected chi connectivity index (χ1v) is 6.57. The van der Waals surface area contributed by atoms with Crippen molar-refractivity contribution >= 4 is 11.4 Å². The largest absolute Gasteiger partial charge is 0.370 e. The van der Waals surface area contributed by atoms with Gasteiger partial charge in [0.1, 0.15) is 6.07 Å². The van der Waals surface area contributed by atoms with Crippen LogP contribution in [0.1, 0.15) is 31.2 Å². The number of nitro groups is 1. The molecule has 1 aromatic carbocycles. The summed E-state index contributed by atoms with van der Waals surface area (Å²) in [6.45, 7) is 1.80. The summed E-state index contributed by atoms with van der Waals surface area (Å²) in [7, 11) is 0. The number of non-ortho nitro benzene ring substituents is 1. The molecule has 1 spiro atoms. The van der Waals surface area contributed by atoms with E-state index < -0.39 is 4.92 Å². The highest BCUT2D eigenvalue weighted by molar-refractivity contribution is 5.64. The molecular formula is C14H15N3O2. The number of nitrogens with zero attached hydrogens (tertiary/aromatic N) is 3. The van der Waals surface area contributed by atoms with Crippen LogP contribution in [0.3, 0.4) is 0 Å². The monoisotopic (exact) mass is 257 g/mol. The summed E-state index contributed by atoms with van der Waals surface area (Å²) < 4.78 is 0. The van der Waals surface area contributed by atoms with E-state index in [0.717, 1.165) is 25.9 Å². The molecule has 19 heavy (non-hydrogen) atoms. The van der Waals surface area contributed by atoms with Gasteiger partial charge < -0.3 is 4.90 Å². The van der Waals surface area contributed by atoms with E-state index in [0.29, 0.717) is 16.7 Å². The molecule has 1 aliphatic heterocycles. The van der Waals surface area contributed by atoms with E-state index in [1.165, 1.54) is 25.0 Å². The van der Waals surface area contributed by atoms with Crippen LogP contribution in [0, 0.1) is 26.9 Å². The maximum Gasteiger partial charge on any atom is 0.271 e. The van der Waals surface area contributed by atoms with E-state index in [1.54, 1.807) is 6.07 Å². The fraction of sp³-hybridized carbons (Fsp3) is 0.500. The second kappa shape index (κ2) is 4.23. The minimum Gasteiger partial charge on any atom is -0.370 e. The molecule has 1 saturated heterocycles. The van der Waals surface area contributed by atoms with Crippen molar-refractivity contribution in [3.8, 4) is 6.07 Å². The van der Waals surface area contributed by atoms with E-state index in [4.69, 9.17) is 5.26 Å². The van der Waals surface area contributed by atoms with Gasteiger partial charge in [-0.3, -0.25) is 10.1 Å². The molecule has 1 aliphatic carbocycles. The summed E-state index contributed by atoms with van der Waals surface area (Å²) in [6, 6.07) is 6.61. The Hall–Kier alpha value is -2.09. The minimum absolute atomic E-state index is 0.0562. The molecule has 5 heteroatoms. The van der Waals surface area contributed by atoms with Crippen LogP contribution in [0.15, 0.2) is 18.2 Å². The van der Waals surface area contributed by atoms with Gasteiger partial charge in [-0.25, -0.2) is 0 Å². The quantitative estimate of drug-likeness (QED) is 0.603. The summed E-state index contributed by atoms with van der Waals surface area (Å²) in [5.74, 6) is 0. The number of hydrogen-bond acceptors (Lipinski definition) is 4. The van der Waals surface area contributed by atoms with Gasteiger partial charge >= 0.3 is 0 Å². The number of nitriles is 1. The number of rotatable bonds is 2. The Morgan fingerprint density at radius 1 is 1.26 bits per heavy atom. The standard InChI is InChI=1S/C14H15N3O2/c15-10-11-1-2-12(17(18)19)9-13(11)16-7-5-14(3-4-14)6-8-16/h1-2,9H,3-8H2. The molecule has 2 fully saturated rings. The van der Waals surface area contributed by atoms with Gasteiger partial charge in [0.05, 0.1) is 16.2 Å². The number of piperidine rings is 1. The van der Waals surface area contributed by atoms with Crippen molar-refractivity contribution in [2.45, 2.75) is 25.7 Å². The Labute approximate surface area is 111 Å². The second-order valence-electron chi connectivity index (χ2n) is 5.56. The predicted octanol–water partition coefficient (Wildman–Crippen LogP) is 2.85. The molecule has 5 nitrogen and oxygen atoms in total. The Morgan fingerprint density at radius 3 is 2.47 bits per heavy atom. The fourth-order valence-electron chi connectivity index (χ4n) is 2.89. The average molecular weight is 257 g/mol. The number of benzene rings is 1. The minimum atomic E-state index is -0.406. The van der Waals surface area contributed by atoms with Crippen LogP contribution in [-0.4, -0.2) is 18.0 Å². The third kappa shape index (κ3) is 2.14. The van der Waals surface area contributed by atoms with Gasteiger partial charge in [0.15, 0.2) is 0 Å². The smallest absolute Gasteiger partial charge is 0.271 e. The maximum atomic E-state index is 10.9. The van der Waals surface area contributed by atoms with E-state index in [-0.39, 0.29) is 5.69 Å². The van der Waals surface area contributed by atoms with Gasteiger partial charge in [-0.15, -0.1) is 0 Å². The molecule has 98 valence electrons. The zero-order chi connectivity index (χ0) is 13.5. The molecule has 0 unspecified atom stereocenters. The molecule has 0 radical (unpaired) electrons. The van der Waals surface area contributed by atoms with E-state index >= 15 is 0 Å². The molecule has 1 saturated carbocycles. The molecule has 3 rings (SSSR count). The third-order valence-corrected chi connectivity index (χ3v) is 4.43. The summed E-state index contributed by atoms with van der Waals surface area (Å²) in [5, 5.41) is 20.0. The topological polar surface area (TPSA) is 70.2 Å². The van der Waals surface area contributed by atoms with Crippen molar-refractivity contribution in [2.75, 3.05) is 18.0 Å². The molecule has 0 atom stereocenters.